The molecule has 0 spiro atoms. The van der Waals surface area contributed by atoms with Crippen LogP contribution in [0.5, 0.6) is 11.6 Å². The molecular weight excluding hydrogens is 310 g/mol. The summed E-state index contributed by atoms with van der Waals surface area (Å²) >= 11 is 5.96. The Labute approximate surface area is 140 Å². The van der Waals surface area contributed by atoms with Crippen molar-refractivity contribution >= 4 is 17.4 Å². The molecule has 0 aliphatic rings. The zero-order valence-electron chi connectivity index (χ0n) is 12.7. The molecule has 4 nitrogen and oxygen atoms in total. The van der Waals surface area contributed by atoms with Crippen molar-refractivity contribution in [2.24, 2.45) is 0 Å². The number of hydrogen-bond acceptors (Lipinski definition) is 4. The third kappa shape index (κ3) is 4.20. The first-order valence-electron chi connectivity index (χ1n) is 7.21. The Morgan fingerprint density at radius 1 is 1.00 bits per heavy atom. The molecule has 0 amide bonds. The number of rotatable bonds is 5. The molecule has 0 saturated heterocycles. The molecule has 23 heavy (non-hydrogen) atoms. The second kappa shape index (κ2) is 7.11. The summed E-state index contributed by atoms with van der Waals surface area (Å²) in [4.78, 5) is 10.5. The number of aromatic nitrogens is 2. The molecule has 0 bridgehead atoms. The molecule has 0 N–H and O–H groups in total. The van der Waals surface area contributed by atoms with Crippen LogP contribution >= 0.6 is 11.6 Å². The third-order valence-electron chi connectivity index (χ3n) is 3.30. The van der Waals surface area contributed by atoms with Crippen molar-refractivity contribution in [3.05, 3.63) is 77.6 Å². The van der Waals surface area contributed by atoms with Gasteiger partial charge in [0.2, 0.25) is 5.88 Å². The summed E-state index contributed by atoms with van der Waals surface area (Å²) in [6.07, 6.45) is 1.50. The minimum Gasteiger partial charge on any atom is -0.439 e. The molecule has 0 radical (unpaired) electrons. The van der Waals surface area contributed by atoms with E-state index >= 15 is 0 Å². The standard InChI is InChI=1S/C18H16ClN3O/c1-22(12-14-6-3-2-4-7-14)17-11-18(21-13-20-17)23-16-9-5-8-15(19)10-16/h2-11,13H,12H2,1H3. The van der Waals surface area contributed by atoms with Gasteiger partial charge in [-0.25, -0.2) is 9.97 Å². The molecule has 2 aromatic carbocycles. The summed E-state index contributed by atoms with van der Waals surface area (Å²) in [5.41, 5.74) is 1.21. The number of halogens is 1. The molecule has 0 fully saturated rings. The van der Waals surface area contributed by atoms with Crippen molar-refractivity contribution in [1.82, 2.24) is 9.97 Å². The van der Waals surface area contributed by atoms with Crippen molar-refractivity contribution in [2.45, 2.75) is 6.54 Å². The van der Waals surface area contributed by atoms with Crippen LogP contribution in [0.2, 0.25) is 5.02 Å². The van der Waals surface area contributed by atoms with Gasteiger partial charge in [-0.15, -0.1) is 0 Å². The monoisotopic (exact) mass is 325 g/mol. The average molecular weight is 326 g/mol. The van der Waals surface area contributed by atoms with Crippen LogP contribution in [-0.4, -0.2) is 17.0 Å². The Hall–Kier alpha value is -2.59. The zero-order valence-corrected chi connectivity index (χ0v) is 13.4. The van der Waals surface area contributed by atoms with Gasteiger partial charge in [-0.3, -0.25) is 0 Å². The molecule has 0 aliphatic heterocycles. The summed E-state index contributed by atoms with van der Waals surface area (Å²) < 4.78 is 5.74. The van der Waals surface area contributed by atoms with E-state index in [1.807, 2.05) is 48.3 Å². The first kappa shape index (κ1) is 15.3. The minimum absolute atomic E-state index is 0.483. The van der Waals surface area contributed by atoms with E-state index < -0.39 is 0 Å². The molecule has 0 saturated carbocycles. The van der Waals surface area contributed by atoms with Crippen molar-refractivity contribution in [3.63, 3.8) is 0 Å². The van der Waals surface area contributed by atoms with Crippen LogP contribution < -0.4 is 9.64 Å². The highest BCUT2D eigenvalue weighted by Crippen LogP contribution is 2.24. The second-order valence-electron chi connectivity index (χ2n) is 5.12. The molecule has 3 aromatic rings. The summed E-state index contributed by atoms with van der Waals surface area (Å²) in [5.74, 6) is 1.92. The van der Waals surface area contributed by atoms with Crippen LogP contribution in [0, 0.1) is 0 Å². The van der Waals surface area contributed by atoms with Gasteiger partial charge in [-0.2, -0.15) is 0 Å². The third-order valence-corrected chi connectivity index (χ3v) is 3.53. The fraction of sp³-hybridized carbons (Fsp3) is 0.111. The highest BCUT2D eigenvalue weighted by atomic mass is 35.5. The maximum Gasteiger partial charge on any atom is 0.224 e. The van der Waals surface area contributed by atoms with E-state index in [-0.39, 0.29) is 0 Å². The number of nitrogens with zero attached hydrogens (tertiary/aromatic N) is 3. The lowest BCUT2D eigenvalue weighted by Gasteiger charge is -2.18. The van der Waals surface area contributed by atoms with Gasteiger partial charge in [0, 0.05) is 24.7 Å². The van der Waals surface area contributed by atoms with E-state index in [4.69, 9.17) is 16.3 Å². The van der Waals surface area contributed by atoms with Gasteiger partial charge >= 0.3 is 0 Å². The quantitative estimate of drug-likeness (QED) is 0.689. The first-order valence-corrected chi connectivity index (χ1v) is 7.59. The van der Waals surface area contributed by atoms with Crippen molar-refractivity contribution in [2.75, 3.05) is 11.9 Å². The van der Waals surface area contributed by atoms with E-state index in [1.165, 1.54) is 11.9 Å². The molecule has 3 rings (SSSR count). The molecule has 0 atom stereocenters. The van der Waals surface area contributed by atoms with Crippen molar-refractivity contribution in [1.29, 1.82) is 0 Å². The molecule has 5 heteroatoms. The molecule has 0 aliphatic carbocycles. The van der Waals surface area contributed by atoms with Gasteiger partial charge in [0.25, 0.3) is 0 Å². The van der Waals surface area contributed by atoms with Crippen LogP contribution in [0.4, 0.5) is 5.82 Å². The van der Waals surface area contributed by atoms with Gasteiger partial charge in [0.15, 0.2) is 0 Å². The number of hydrogen-bond donors (Lipinski definition) is 0. The second-order valence-corrected chi connectivity index (χ2v) is 5.55. The van der Waals surface area contributed by atoms with Crippen LogP contribution in [0.3, 0.4) is 0 Å². The van der Waals surface area contributed by atoms with Crippen LogP contribution in [0.1, 0.15) is 5.56 Å². The average Bonchev–Trinajstić information content (AvgIpc) is 2.56. The van der Waals surface area contributed by atoms with Gasteiger partial charge in [-0.05, 0) is 23.8 Å². The van der Waals surface area contributed by atoms with Gasteiger partial charge in [-0.1, -0.05) is 48.0 Å². The number of ether oxygens (including phenoxy) is 1. The Bertz CT molecular complexity index is 780. The normalized spacial score (nSPS) is 10.3. The topological polar surface area (TPSA) is 38.2 Å². The molecule has 1 aromatic heterocycles. The predicted molar refractivity (Wildman–Crippen MR) is 92.1 cm³/mol. The van der Waals surface area contributed by atoms with Crippen LogP contribution in [0.15, 0.2) is 67.0 Å². The molecule has 1 heterocycles. The number of anilines is 1. The minimum atomic E-state index is 0.483. The zero-order chi connectivity index (χ0) is 16.1. The summed E-state index contributed by atoms with van der Waals surface area (Å²) in [5, 5.41) is 0.623. The maximum atomic E-state index is 5.96. The SMILES string of the molecule is CN(Cc1ccccc1)c1cc(Oc2cccc(Cl)c2)ncn1. The Balaban J connectivity index is 1.74. The Morgan fingerprint density at radius 3 is 2.61 bits per heavy atom. The highest BCUT2D eigenvalue weighted by Gasteiger charge is 2.07. The van der Waals surface area contributed by atoms with Gasteiger partial charge in [0.1, 0.15) is 17.9 Å². The summed E-state index contributed by atoms with van der Waals surface area (Å²) in [7, 11) is 1.98. The molecule has 116 valence electrons. The first-order chi connectivity index (χ1) is 11.2. The highest BCUT2D eigenvalue weighted by molar-refractivity contribution is 6.30. The van der Waals surface area contributed by atoms with E-state index in [9.17, 15) is 0 Å². The Morgan fingerprint density at radius 2 is 1.83 bits per heavy atom. The molecule has 0 unspecified atom stereocenters. The molecular formula is C18H16ClN3O. The summed E-state index contributed by atoms with van der Waals surface area (Å²) in [6.45, 7) is 0.758. The smallest absolute Gasteiger partial charge is 0.224 e. The van der Waals surface area contributed by atoms with E-state index in [0.717, 1.165) is 12.4 Å². The van der Waals surface area contributed by atoms with Gasteiger partial charge in [0.05, 0.1) is 0 Å². The predicted octanol–water partition coefficient (Wildman–Crippen LogP) is 4.56. The summed E-state index contributed by atoms with van der Waals surface area (Å²) in [6, 6.07) is 19.2. The van der Waals surface area contributed by atoms with E-state index in [2.05, 4.69) is 22.1 Å². The van der Waals surface area contributed by atoms with Crippen molar-refractivity contribution in [3.8, 4) is 11.6 Å². The lowest BCUT2D eigenvalue weighted by molar-refractivity contribution is 0.461. The largest absolute Gasteiger partial charge is 0.439 e. The Kier molecular flexibility index (Phi) is 4.74. The maximum absolute atomic E-state index is 5.96. The number of benzene rings is 2. The lowest BCUT2D eigenvalue weighted by atomic mass is 10.2. The lowest BCUT2D eigenvalue weighted by Crippen LogP contribution is -2.17. The van der Waals surface area contributed by atoms with E-state index in [1.54, 1.807) is 12.1 Å². The van der Waals surface area contributed by atoms with Crippen molar-refractivity contribution < 1.29 is 4.74 Å². The van der Waals surface area contributed by atoms with Crippen LogP contribution in [-0.2, 0) is 6.54 Å². The van der Waals surface area contributed by atoms with E-state index in [0.29, 0.717) is 16.7 Å². The fourth-order valence-corrected chi connectivity index (χ4v) is 2.36. The van der Waals surface area contributed by atoms with Crippen LogP contribution in [0.25, 0.3) is 0 Å². The van der Waals surface area contributed by atoms with Gasteiger partial charge < -0.3 is 9.64 Å². The fourth-order valence-electron chi connectivity index (χ4n) is 2.18.